The van der Waals surface area contributed by atoms with Crippen LogP contribution in [0.1, 0.15) is 43.0 Å². The van der Waals surface area contributed by atoms with Crippen LogP contribution in [0.2, 0.25) is 5.02 Å². The predicted molar refractivity (Wildman–Crippen MR) is 78.1 cm³/mol. The number of phenols is 1. The quantitative estimate of drug-likeness (QED) is 0.902. The van der Waals surface area contributed by atoms with Gasteiger partial charge in [0, 0.05) is 12.6 Å². The Labute approximate surface area is 124 Å². The van der Waals surface area contributed by atoms with Gasteiger partial charge >= 0.3 is 0 Å². The van der Waals surface area contributed by atoms with Gasteiger partial charge in [0.25, 0.3) is 5.91 Å². The van der Waals surface area contributed by atoms with Crippen LogP contribution in [0.5, 0.6) is 5.75 Å². The van der Waals surface area contributed by atoms with Crippen molar-refractivity contribution in [2.45, 2.75) is 44.8 Å². The number of benzene rings is 1. The minimum atomic E-state index is -0.437. The lowest BCUT2D eigenvalue weighted by Crippen LogP contribution is -2.45. The molecule has 1 aliphatic heterocycles. The first-order valence-electron chi connectivity index (χ1n) is 6.96. The van der Waals surface area contributed by atoms with Gasteiger partial charge in [0.2, 0.25) is 0 Å². The van der Waals surface area contributed by atoms with Crippen molar-refractivity contribution in [3.05, 3.63) is 28.8 Å². The SMILES string of the molecule is CC(O)CC1CCCCN1C(=O)c1cc(O)ccc1Cl. The van der Waals surface area contributed by atoms with Gasteiger partial charge in [0.15, 0.2) is 0 Å². The maximum Gasteiger partial charge on any atom is 0.255 e. The standard InChI is InChI=1S/C15H20ClNO3/c1-10(18)8-11-4-2-3-7-17(11)15(20)13-9-12(19)5-6-14(13)16/h5-6,9-11,18-19H,2-4,7-8H2,1H3. The molecule has 2 atom stereocenters. The molecule has 20 heavy (non-hydrogen) atoms. The van der Waals surface area contributed by atoms with Crippen molar-refractivity contribution < 1.29 is 15.0 Å². The van der Waals surface area contributed by atoms with E-state index in [4.69, 9.17) is 11.6 Å². The summed E-state index contributed by atoms with van der Waals surface area (Å²) in [4.78, 5) is 14.4. The Hall–Kier alpha value is -1.26. The number of rotatable bonds is 3. The van der Waals surface area contributed by atoms with E-state index in [0.29, 0.717) is 23.6 Å². The fourth-order valence-electron chi connectivity index (χ4n) is 2.74. The van der Waals surface area contributed by atoms with Crippen LogP contribution < -0.4 is 0 Å². The number of likely N-dealkylation sites (tertiary alicyclic amines) is 1. The van der Waals surface area contributed by atoms with Crippen LogP contribution in [0.4, 0.5) is 0 Å². The van der Waals surface area contributed by atoms with E-state index in [2.05, 4.69) is 0 Å². The normalized spacial score (nSPS) is 20.8. The second-order valence-corrected chi connectivity index (χ2v) is 5.80. The number of nitrogens with zero attached hydrogens (tertiary/aromatic N) is 1. The Morgan fingerprint density at radius 1 is 1.50 bits per heavy atom. The van der Waals surface area contributed by atoms with Crippen LogP contribution in [0, 0.1) is 0 Å². The Kier molecular flexibility index (Phi) is 4.89. The number of phenolic OH excluding ortho intramolecular Hbond substituents is 1. The van der Waals surface area contributed by atoms with E-state index in [1.54, 1.807) is 11.8 Å². The molecule has 2 rings (SSSR count). The highest BCUT2D eigenvalue weighted by molar-refractivity contribution is 6.33. The smallest absolute Gasteiger partial charge is 0.255 e. The summed E-state index contributed by atoms with van der Waals surface area (Å²) in [5, 5.41) is 19.4. The zero-order valence-electron chi connectivity index (χ0n) is 11.6. The largest absolute Gasteiger partial charge is 0.508 e. The molecular formula is C15H20ClNO3. The van der Waals surface area contributed by atoms with Gasteiger partial charge in [-0.15, -0.1) is 0 Å². The third-order valence-electron chi connectivity index (χ3n) is 3.68. The first-order chi connectivity index (χ1) is 9.49. The highest BCUT2D eigenvalue weighted by Crippen LogP contribution is 2.27. The van der Waals surface area contributed by atoms with Crippen molar-refractivity contribution in [1.29, 1.82) is 0 Å². The fraction of sp³-hybridized carbons (Fsp3) is 0.533. The molecule has 1 aliphatic rings. The summed E-state index contributed by atoms with van der Waals surface area (Å²) >= 11 is 6.06. The van der Waals surface area contributed by atoms with Crippen molar-refractivity contribution in [2.24, 2.45) is 0 Å². The summed E-state index contributed by atoms with van der Waals surface area (Å²) in [6, 6.07) is 4.42. The van der Waals surface area contributed by atoms with Crippen LogP contribution in [0.25, 0.3) is 0 Å². The number of carbonyl (C=O) groups is 1. The molecule has 1 aromatic carbocycles. The van der Waals surface area contributed by atoms with Gasteiger partial charge in [-0.3, -0.25) is 4.79 Å². The van der Waals surface area contributed by atoms with E-state index in [9.17, 15) is 15.0 Å². The summed E-state index contributed by atoms with van der Waals surface area (Å²) in [7, 11) is 0. The minimum absolute atomic E-state index is 0.0295. The average molecular weight is 298 g/mol. The summed E-state index contributed by atoms with van der Waals surface area (Å²) in [6.07, 6.45) is 3.05. The Morgan fingerprint density at radius 2 is 2.25 bits per heavy atom. The highest BCUT2D eigenvalue weighted by Gasteiger charge is 2.29. The van der Waals surface area contributed by atoms with Crippen molar-refractivity contribution in [3.8, 4) is 5.75 Å². The summed E-state index contributed by atoms with van der Waals surface area (Å²) in [5.41, 5.74) is 0.323. The molecule has 1 heterocycles. The van der Waals surface area contributed by atoms with Crippen LogP contribution in [0.3, 0.4) is 0 Å². The van der Waals surface area contributed by atoms with Gasteiger partial charge in [0.05, 0.1) is 16.7 Å². The molecule has 5 heteroatoms. The molecular weight excluding hydrogens is 278 g/mol. The number of hydrogen-bond acceptors (Lipinski definition) is 3. The second kappa shape index (κ2) is 6.46. The molecule has 0 spiro atoms. The summed E-state index contributed by atoms with van der Waals surface area (Å²) in [6.45, 7) is 2.40. The van der Waals surface area contributed by atoms with Crippen LogP contribution in [-0.4, -0.2) is 39.7 Å². The molecule has 1 fully saturated rings. The van der Waals surface area contributed by atoms with E-state index in [1.165, 1.54) is 18.2 Å². The number of aromatic hydroxyl groups is 1. The molecule has 0 bridgehead atoms. The van der Waals surface area contributed by atoms with E-state index in [1.807, 2.05) is 0 Å². The maximum atomic E-state index is 12.6. The molecule has 0 aromatic heterocycles. The first-order valence-corrected chi connectivity index (χ1v) is 7.34. The first kappa shape index (κ1) is 15.1. The summed E-state index contributed by atoms with van der Waals surface area (Å²) < 4.78 is 0. The topological polar surface area (TPSA) is 60.8 Å². The fourth-order valence-corrected chi connectivity index (χ4v) is 2.94. The zero-order valence-corrected chi connectivity index (χ0v) is 12.3. The van der Waals surface area contributed by atoms with Gasteiger partial charge in [-0.1, -0.05) is 11.6 Å². The van der Waals surface area contributed by atoms with Gasteiger partial charge < -0.3 is 15.1 Å². The lowest BCUT2D eigenvalue weighted by molar-refractivity contribution is 0.0515. The Morgan fingerprint density at radius 3 is 2.95 bits per heavy atom. The molecule has 110 valence electrons. The van der Waals surface area contributed by atoms with Crippen molar-refractivity contribution in [2.75, 3.05) is 6.54 Å². The van der Waals surface area contributed by atoms with Crippen LogP contribution >= 0.6 is 11.6 Å². The van der Waals surface area contributed by atoms with Crippen molar-refractivity contribution >= 4 is 17.5 Å². The molecule has 0 saturated carbocycles. The van der Waals surface area contributed by atoms with E-state index >= 15 is 0 Å². The molecule has 1 aromatic rings. The van der Waals surface area contributed by atoms with Gasteiger partial charge in [-0.25, -0.2) is 0 Å². The molecule has 2 N–H and O–H groups in total. The average Bonchev–Trinajstić information content (AvgIpc) is 2.41. The van der Waals surface area contributed by atoms with Crippen LogP contribution in [-0.2, 0) is 0 Å². The van der Waals surface area contributed by atoms with Gasteiger partial charge in [0.1, 0.15) is 5.75 Å². The third kappa shape index (κ3) is 3.44. The second-order valence-electron chi connectivity index (χ2n) is 5.40. The monoisotopic (exact) mass is 297 g/mol. The maximum absolute atomic E-state index is 12.6. The van der Waals surface area contributed by atoms with Gasteiger partial charge in [-0.2, -0.15) is 0 Å². The Bertz CT molecular complexity index is 490. The lowest BCUT2D eigenvalue weighted by atomic mass is 9.96. The number of carbonyl (C=O) groups excluding carboxylic acids is 1. The van der Waals surface area contributed by atoms with Gasteiger partial charge in [-0.05, 0) is 50.8 Å². The Balaban J connectivity index is 2.23. The van der Waals surface area contributed by atoms with E-state index in [0.717, 1.165) is 19.3 Å². The van der Waals surface area contributed by atoms with Crippen molar-refractivity contribution in [3.63, 3.8) is 0 Å². The molecule has 1 amide bonds. The van der Waals surface area contributed by atoms with Crippen LogP contribution in [0.15, 0.2) is 18.2 Å². The molecule has 0 aliphatic carbocycles. The minimum Gasteiger partial charge on any atom is -0.508 e. The number of amides is 1. The van der Waals surface area contributed by atoms with E-state index < -0.39 is 6.10 Å². The molecule has 1 saturated heterocycles. The number of aliphatic hydroxyl groups is 1. The molecule has 4 nitrogen and oxygen atoms in total. The number of halogens is 1. The lowest BCUT2D eigenvalue weighted by Gasteiger charge is -2.36. The number of hydrogen-bond donors (Lipinski definition) is 2. The molecule has 2 unspecified atom stereocenters. The predicted octanol–water partition coefficient (Wildman–Crippen LogP) is 2.81. The van der Waals surface area contributed by atoms with E-state index in [-0.39, 0.29) is 17.7 Å². The number of aliphatic hydroxyl groups excluding tert-OH is 1. The zero-order chi connectivity index (χ0) is 14.7. The summed E-state index contributed by atoms with van der Waals surface area (Å²) in [5.74, 6) is -0.141. The highest BCUT2D eigenvalue weighted by atomic mass is 35.5. The van der Waals surface area contributed by atoms with Crippen molar-refractivity contribution in [1.82, 2.24) is 4.90 Å². The number of piperidine rings is 1. The third-order valence-corrected chi connectivity index (χ3v) is 4.01. The molecule has 0 radical (unpaired) electrons.